The standard InChI is InChI=1S/C16H16ClNOS/c17-16-8-11-12(5-3-7-15(11)20-16)18-13-9-19-14-6-2-1-4-10(13)14/h1-2,4,6,8,12-13,18H,3,5,7,9H2. The van der Waals surface area contributed by atoms with Crippen molar-refractivity contribution in [1.82, 2.24) is 5.32 Å². The molecule has 4 rings (SSSR count). The van der Waals surface area contributed by atoms with Crippen molar-refractivity contribution in [3.8, 4) is 5.75 Å². The van der Waals surface area contributed by atoms with Crippen molar-refractivity contribution in [1.29, 1.82) is 0 Å². The predicted molar refractivity (Wildman–Crippen MR) is 82.8 cm³/mol. The molecule has 0 spiro atoms. The molecule has 2 aromatic rings. The maximum atomic E-state index is 6.18. The summed E-state index contributed by atoms with van der Waals surface area (Å²) < 4.78 is 6.67. The van der Waals surface area contributed by atoms with Crippen LogP contribution < -0.4 is 10.1 Å². The number of fused-ring (bicyclic) bond motifs is 2. The van der Waals surface area contributed by atoms with Crippen molar-refractivity contribution in [2.45, 2.75) is 31.3 Å². The van der Waals surface area contributed by atoms with E-state index in [1.54, 1.807) is 11.3 Å². The van der Waals surface area contributed by atoms with E-state index in [2.05, 4.69) is 23.5 Å². The zero-order chi connectivity index (χ0) is 13.5. The fraction of sp³-hybridized carbons (Fsp3) is 0.375. The highest BCUT2D eigenvalue weighted by atomic mass is 35.5. The minimum Gasteiger partial charge on any atom is -0.491 e. The van der Waals surface area contributed by atoms with E-state index in [0.717, 1.165) is 16.7 Å². The lowest BCUT2D eigenvalue weighted by atomic mass is 9.93. The molecule has 1 aromatic carbocycles. The van der Waals surface area contributed by atoms with E-state index in [4.69, 9.17) is 16.3 Å². The van der Waals surface area contributed by atoms with Crippen LogP contribution in [0.2, 0.25) is 4.34 Å². The van der Waals surface area contributed by atoms with Gasteiger partial charge in [0.1, 0.15) is 12.4 Å². The van der Waals surface area contributed by atoms with Crippen LogP contribution >= 0.6 is 22.9 Å². The average molecular weight is 306 g/mol. The van der Waals surface area contributed by atoms with Gasteiger partial charge in [0.25, 0.3) is 0 Å². The summed E-state index contributed by atoms with van der Waals surface area (Å²) in [4.78, 5) is 1.45. The van der Waals surface area contributed by atoms with Crippen LogP contribution in [0.3, 0.4) is 0 Å². The summed E-state index contributed by atoms with van der Waals surface area (Å²) in [6.07, 6.45) is 3.58. The SMILES string of the molecule is Clc1cc2c(s1)CCCC2NC1COc2ccccc21. The van der Waals surface area contributed by atoms with Crippen LogP contribution in [0.4, 0.5) is 0 Å². The van der Waals surface area contributed by atoms with Gasteiger partial charge in [0, 0.05) is 16.5 Å². The van der Waals surface area contributed by atoms with Crippen LogP contribution in [0.5, 0.6) is 5.75 Å². The third-order valence-electron chi connectivity index (χ3n) is 4.19. The Bertz CT molecular complexity index is 639. The first-order chi connectivity index (χ1) is 9.81. The van der Waals surface area contributed by atoms with Crippen LogP contribution in [0.1, 0.15) is 40.9 Å². The fourth-order valence-corrected chi connectivity index (χ4v) is 4.62. The number of rotatable bonds is 2. The highest BCUT2D eigenvalue weighted by Crippen LogP contribution is 2.40. The quantitative estimate of drug-likeness (QED) is 0.882. The van der Waals surface area contributed by atoms with Gasteiger partial charge in [-0.2, -0.15) is 0 Å². The fourth-order valence-electron chi connectivity index (χ4n) is 3.24. The van der Waals surface area contributed by atoms with Gasteiger partial charge >= 0.3 is 0 Å². The number of thiophene rings is 1. The molecule has 0 bridgehead atoms. The minimum atomic E-state index is 0.292. The second-order valence-corrected chi connectivity index (χ2v) is 7.21. The molecule has 2 unspecified atom stereocenters. The molecule has 2 aliphatic rings. The molecule has 2 nitrogen and oxygen atoms in total. The molecule has 2 atom stereocenters. The number of halogens is 1. The third kappa shape index (κ3) is 2.14. The predicted octanol–water partition coefficient (Wildman–Crippen LogP) is 4.50. The van der Waals surface area contributed by atoms with Crippen LogP contribution in [-0.4, -0.2) is 6.61 Å². The Labute approximate surface area is 127 Å². The number of para-hydroxylation sites is 1. The van der Waals surface area contributed by atoms with Crippen molar-refractivity contribution < 1.29 is 4.74 Å². The van der Waals surface area contributed by atoms with Gasteiger partial charge in [0.2, 0.25) is 0 Å². The molecule has 4 heteroatoms. The summed E-state index contributed by atoms with van der Waals surface area (Å²) >= 11 is 7.91. The Hall–Kier alpha value is -1.03. The number of nitrogens with one attached hydrogen (secondary N) is 1. The Morgan fingerprint density at radius 3 is 3.05 bits per heavy atom. The Kier molecular flexibility index (Phi) is 3.21. The molecule has 0 fully saturated rings. The minimum absolute atomic E-state index is 0.292. The molecule has 104 valence electrons. The third-order valence-corrected chi connectivity index (χ3v) is 5.53. The van der Waals surface area contributed by atoms with Crippen LogP contribution in [0.15, 0.2) is 30.3 Å². The molecule has 0 saturated carbocycles. The second-order valence-electron chi connectivity index (χ2n) is 5.44. The Balaban J connectivity index is 1.59. The van der Waals surface area contributed by atoms with E-state index in [-0.39, 0.29) is 0 Å². The molecule has 1 aliphatic heterocycles. The van der Waals surface area contributed by atoms with Gasteiger partial charge < -0.3 is 10.1 Å². The molecular formula is C16H16ClNOS. The topological polar surface area (TPSA) is 21.3 Å². The first-order valence-corrected chi connectivity index (χ1v) is 8.26. The molecule has 0 saturated heterocycles. The van der Waals surface area contributed by atoms with E-state index in [1.807, 2.05) is 12.1 Å². The van der Waals surface area contributed by atoms with Crippen molar-refractivity contribution in [3.63, 3.8) is 0 Å². The number of hydrogen-bond donors (Lipinski definition) is 1. The van der Waals surface area contributed by atoms with Crippen LogP contribution in [-0.2, 0) is 6.42 Å². The molecular weight excluding hydrogens is 290 g/mol. The maximum Gasteiger partial charge on any atom is 0.124 e. The van der Waals surface area contributed by atoms with Gasteiger partial charge in [-0.15, -0.1) is 11.3 Å². The molecule has 1 N–H and O–H groups in total. The largest absolute Gasteiger partial charge is 0.491 e. The van der Waals surface area contributed by atoms with Crippen molar-refractivity contribution >= 4 is 22.9 Å². The lowest BCUT2D eigenvalue weighted by Crippen LogP contribution is -2.29. The summed E-state index contributed by atoms with van der Waals surface area (Å²) in [5, 5.41) is 3.77. The van der Waals surface area contributed by atoms with Crippen LogP contribution in [0.25, 0.3) is 0 Å². The van der Waals surface area contributed by atoms with Gasteiger partial charge in [-0.1, -0.05) is 29.8 Å². The van der Waals surface area contributed by atoms with E-state index >= 15 is 0 Å². The normalized spacial score (nSPS) is 24.1. The number of hydrogen-bond acceptors (Lipinski definition) is 3. The number of aryl methyl sites for hydroxylation is 1. The summed E-state index contributed by atoms with van der Waals surface area (Å²) in [5.74, 6) is 1.02. The van der Waals surface area contributed by atoms with Gasteiger partial charge in [0.05, 0.1) is 10.4 Å². The maximum absolute atomic E-state index is 6.18. The Morgan fingerprint density at radius 1 is 1.20 bits per heavy atom. The van der Waals surface area contributed by atoms with E-state index < -0.39 is 0 Å². The summed E-state index contributed by atoms with van der Waals surface area (Å²) in [5.41, 5.74) is 2.68. The van der Waals surface area contributed by atoms with Gasteiger partial charge in [-0.25, -0.2) is 0 Å². The van der Waals surface area contributed by atoms with Gasteiger partial charge in [0.15, 0.2) is 0 Å². The van der Waals surface area contributed by atoms with E-state index in [0.29, 0.717) is 12.1 Å². The molecule has 20 heavy (non-hydrogen) atoms. The van der Waals surface area contributed by atoms with E-state index in [9.17, 15) is 0 Å². The molecule has 1 aromatic heterocycles. The smallest absolute Gasteiger partial charge is 0.124 e. The Morgan fingerprint density at radius 2 is 2.10 bits per heavy atom. The van der Waals surface area contributed by atoms with Gasteiger partial charge in [-0.3, -0.25) is 0 Å². The molecule has 2 heterocycles. The highest BCUT2D eigenvalue weighted by molar-refractivity contribution is 7.16. The van der Waals surface area contributed by atoms with Crippen LogP contribution in [0, 0.1) is 0 Å². The van der Waals surface area contributed by atoms with E-state index in [1.165, 1.54) is 35.3 Å². The van der Waals surface area contributed by atoms with Crippen molar-refractivity contribution in [2.24, 2.45) is 0 Å². The molecule has 1 aliphatic carbocycles. The second kappa shape index (κ2) is 5.06. The zero-order valence-corrected chi connectivity index (χ0v) is 12.6. The van der Waals surface area contributed by atoms with Gasteiger partial charge in [-0.05, 0) is 37.0 Å². The summed E-state index contributed by atoms with van der Waals surface area (Å²) in [7, 11) is 0. The zero-order valence-electron chi connectivity index (χ0n) is 11.1. The monoisotopic (exact) mass is 305 g/mol. The van der Waals surface area contributed by atoms with Crippen molar-refractivity contribution in [2.75, 3.05) is 6.61 Å². The summed E-state index contributed by atoms with van der Waals surface area (Å²) in [6, 6.07) is 11.1. The summed E-state index contributed by atoms with van der Waals surface area (Å²) in [6.45, 7) is 0.725. The lowest BCUT2D eigenvalue weighted by molar-refractivity contribution is 0.290. The van der Waals surface area contributed by atoms with Crippen molar-refractivity contribution in [3.05, 3.63) is 50.7 Å². The first-order valence-electron chi connectivity index (χ1n) is 7.07. The highest BCUT2D eigenvalue weighted by Gasteiger charge is 2.29. The molecule has 0 amide bonds. The first kappa shape index (κ1) is 12.7. The average Bonchev–Trinajstić information content (AvgIpc) is 3.03. The lowest BCUT2D eigenvalue weighted by Gasteiger charge is -2.26. The molecule has 0 radical (unpaired) electrons. The number of benzene rings is 1. The number of ether oxygens (including phenoxy) is 1.